The predicted octanol–water partition coefficient (Wildman–Crippen LogP) is 3.41. The molecule has 0 aliphatic heterocycles. The smallest absolute Gasteiger partial charge is 0.404 e. The Morgan fingerprint density at radius 3 is 2.60 bits per heavy atom. The highest BCUT2D eigenvalue weighted by Gasteiger charge is 2.31. The SMILES string of the molecule is O=C(O)NCCc1cn(S(=O)(=O)c2ccc(C(F)F)o2)c(-c2cccnc2F)c1F. The number of nitrogens with one attached hydrogen (secondary N) is 1. The number of alkyl halides is 2. The van der Waals surface area contributed by atoms with Crippen LogP contribution in [0.1, 0.15) is 17.7 Å². The molecule has 30 heavy (non-hydrogen) atoms. The van der Waals surface area contributed by atoms with Gasteiger partial charge in [0.1, 0.15) is 5.69 Å². The zero-order chi connectivity index (χ0) is 22.1. The molecule has 1 amide bonds. The van der Waals surface area contributed by atoms with Gasteiger partial charge < -0.3 is 14.8 Å². The van der Waals surface area contributed by atoms with Gasteiger partial charge in [-0.15, -0.1) is 0 Å². The Morgan fingerprint density at radius 2 is 2.00 bits per heavy atom. The Bertz CT molecular complexity index is 1190. The van der Waals surface area contributed by atoms with E-state index >= 15 is 4.39 Å². The molecule has 0 fully saturated rings. The molecule has 0 saturated heterocycles. The average Bonchev–Trinajstić information content (AvgIpc) is 3.29. The minimum atomic E-state index is -4.74. The van der Waals surface area contributed by atoms with Crippen LogP contribution in [-0.2, 0) is 16.4 Å². The number of pyridine rings is 1. The summed E-state index contributed by atoms with van der Waals surface area (Å²) in [6.07, 6.45) is -2.85. The molecule has 0 bridgehead atoms. The Morgan fingerprint density at radius 1 is 1.27 bits per heavy atom. The van der Waals surface area contributed by atoms with Crippen molar-refractivity contribution in [2.45, 2.75) is 17.9 Å². The third-order valence-corrected chi connectivity index (χ3v) is 5.53. The molecule has 0 aliphatic carbocycles. The fraction of sp³-hybridized carbons (Fsp3) is 0.176. The number of hydrogen-bond acceptors (Lipinski definition) is 5. The number of carboxylic acid groups (broad SMARTS) is 1. The highest BCUT2D eigenvalue weighted by Crippen LogP contribution is 2.33. The van der Waals surface area contributed by atoms with E-state index in [4.69, 9.17) is 5.11 Å². The third-order valence-electron chi connectivity index (χ3n) is 4.00. The van der Waals surface area contributed by atoms with Crippen molar-refractivity contribution in [3.05, 3.63) is 59.7 Å². The van der Waals surface area contributed by atoms with E-state index in [1.807, 2.05) is 5.32 Å². The van der Waals surface area contributed by atoms with Gasteiger partial charge in [-0.25, -0.2) is 26.9 Å². The number of halogens is 4. The predicted molar refractivity (Wildman–Crippen MR) is 93.6 cm³/mol. The molecule has 3 heterocycles. The lowest BCUT2D eigenvalue weighted by molar-refractivity contribution is 0.116. The summed E-state index contributed by atoms with van der Waals surface area (Å²) in [6, 6.07) is 3.84. The second kappa shape index (κ2) is 8.18. The van der Waals surface area contributed by atoms with Gasteiger partial charge in [-0.05, 0) is 30.7 Å². The van der Waals surface area contributed by atoms with Crippen molar-refractivity contribution >= 4 is 16.1 Å². The van der Waals surface area contributed by atoms with E-state index < -0.39 is 56.4 Å². The molecule has 3 rings (SSSR count). The summed E-state index contributed by atoms with van der Waals surface area (Å²) < 4.78 is 85.7. The Balaban J connectivity index is 2.16. The number of amides is 1. The summed E-state index contributed by atoms with van der Waals surface area (Å²) in [5, 5.41) is 9.70. The van der Waals surface area contributed by atoms with Crippen molar-refractivity contribution in [1.82, 2.24) is 14.3 Å². The number of hydrogen-bond donors (Lipinski definition) is 2. The second-order valence-electron chi connectivity index (χ2n) is 5.90. The molecule has 160 valence electrons. The van der Waals surface area contributed by atoms with E-state index in [1.54, 1.807) is 0 Å². The first-order chi connectivity index (χ1) is 14.1. The molecule has 0 atom stereocenters. The lowest BCUT2D eigenvalue weighted by Gasteiger charge is -2.09. The molecule has 2 N–H and O–H groups in total. The Labute approximate surface area is 166 Å². The van der Waals surface area contributed by atoms with Crippen LogP contribution < -0.4 is 5.32 Å². The monoisotopic (exact) mass is 447 g/mol. The number of rotatable bonds is 7. The van der Waals surface area contributed by atoms with Crippen LogP contribution in [0.15, 0.2) is 46.2 Å². The van der Waals surface area contributed by atoms with Crippen molar-refractivity contribution in [1.29, 1.82) is 0 Å². The van der Waals surface area contributed by atoms with Crippen LogP contribution in [0.2, 0.25) is 0 Å². The maximum absolute atomic E-state index is 15.1. The third kappa shape index (κ3) is 4.01. The summed E-state index contributed by atoms with van der Waals surface area (Å²) in [6.45, 7) is -0.262. The molecule has 0 unspecified atom stereocenters. The lowest BCUT2D eigenvalue weighted by Crippen LogP contribution is -2.23. The zero-order valence-corrected chi connectivity index (χ0v) is 15.7. The van der Waals surface area contributed by atoms with Crippen LogP contribution in [0.25, 0.3) is 11.3 Å². The van der Waals surface area contributed by atoms with E-state index in [2.05, 4.69) is 9.40 Å². The second-order valence-corrected chi connectivity index (χ2v) is 7.64. The average molecular weight is 447 g/mol. The highest BCUT2D eigenvalue weighted by molar-refractivity contribution is 7.89. The number of nitrogens with zero attached hydrogens (tertiary/aromatic N) is 2. The molecular formula is C17H13F4N3O5S. The van der Waals surface area contributed by atoms with E-state index in [9.17, 15) is 26.4 Å². The molecule has 13 heteroatoms. The van der Waals surface area contributed by atoms with Crippen molar-refractivity contribution in [3.8, 4) is 11.3 Å². The normalized spacial score (nSPS) is 11.8. The molecule has 3 aromatic rings. The van der Waals surface area contributed by atoms with Gasteiger partial charge in [-0.3, -0.25) is 0 Å². The first kappa shape index (κ1) is 21.4. The summed E-state index contributed by atoms with van der Waals surface area (Å²) in [4.78, 5) is 13.9. The lowest BCUT2D eigenvalue weighted by atomic mass is 10.1. The van der Waals surface area contributed by atoms with Gasteiger partial charge in [0.15, 0.2) is 11.6 Å². The quantitative estimate of drug-likeness (QED) is 0.424. The maximum Gasteiger partial charge on any atom is 0.404 e. The molecule has 8 nitrogen and oxygen atoms in total. The van der Waals surface area contributed by atoms with Gasteiger partial charge in [-0.1, -0.05) is 0 Å². The van der Waals surface area contributed by atoms with Gasteiger partial charge in [0, 0.05) is 24.5 Å². The molecule has 3 aromatic heterocycles. The summed E-state index contributed by atoms with van der Waals surface area (Å²) in [5.74, 6) is -3.23. The van der Waals surface area contributed by atoms with E-state index in [0.717, 1.165) is 30.6 Å². The van der Waals surface area contributed by atoms with Crippen LogP contribution in [0, 0.1) is 11.8 Å². The molecule has 0 radical (unpaired) electrons. The summed E-state index contributed by atoms with van der Waals surface area (Å²) in [7, 11) is -4.74. The first-order valence-electron chi connectivity index (χ1n) is 8.23. The minimum absolute atomic E-state index is 0.258. The summed E-state index contributed by atoms with van der Waals surface area (Å²) in [5.41, 5.74) is -1.50. The van der Waals surface area contributed by atoms with Crippen molar-refractivity contribution in [2.75, 3.05) is 6.54 Å². The van der Waals surface area contributed by atoms with Crippen LogP contribution in [0.4, 0.5) is 22.4 Å². The van der Waals surface area contributed by atoms with Crippen molar-refractivity contribution in [3.63, 3.8) is 0 Å². The molecular weight excluding hydrogens is 434 g/mol. The largest absolute Gasteiger partial charge is 0.465 e. The zero-order valence-electron chi connectivity index (χ0n) is 14.9. The maximum atomic E-state index is 15.1. The fourth-order valence-corrected chi connectivity index (χ4v) is 3.99. The Kier molecular flexibility index (Phi) is 5.82. The Hall–Kier alpha value is -3.35. The van der Waals surface area contributed by atoms with Crippen LogP contribution in [0.3, 0.4) is 0 Å². The van der Waals surface area contributed by atoms with Crippen LogP contribution in [0.5, 0.6) is 0 Å². The molecule has 0 aromatic carbocycles. The molecule has 0 aliphatic rings. The van der Waals surface area contributed by atoms with Crippen LogP contribution in [-0.4, -0.2) is 35.1 Å². The topological polar surface area (TPSA) is 114 Å². The first-order valence-corrected chi connectivity index (χ1v) is 9.67. The van der Waals surface area contributed by atoms with E-state index in [-0.39, 0.29) is 18.5 Å². The van der Waals surface area contributed by atoms with Crippen LogP contribution >= 0.6 is 0 Å². The number of aromatic nitrogens is 2. The van der Waals surface area contributed by atoms with Gasteiger partial charge in [0.25, 0.3) is 6.43 Å². The molecule has 0 spiro atoms. The van der Waals surface area contributed by atoms with Crippen molar-refractivity contribution < 1.29 is 40.3 Å². The highest BCUT2D eigenvalue weighted by atomic mass is 32.2. The summed E-state index contributed by atoms with van der Waals surface area (Å²) >= 11 is 0. The van der Waals surface area contributed by atoms with Gasteiger partial charge in [-0.2, -0.15) is 12.8 Å². The molecule has 0 saturated carbocycles. The van der Waals surface area contributed by atoms with Gasteiger partial charge in [0.2, 0.25) is 11.0 Å². The van der Waals surface area contributed by atoms with Gasteiger partial charge in [0.05, 0.1) is 5.56 Å². The fourth-order valence-electron chi connectivity index (χ4n) is 2.67. The standard InChI is InChI=1S/C17H13F4N3O5S/c18-13-9(5-7-23-17(25)26)8-24(14(13)10-2-1-6-22-16(10)21)30(27,28)12-4-3-11(29-12)15(19)20/h1-4,6,8,15,23H,5,7H2,(H,25,26). The van der Waals surface area contributed by atoms with E-state index in [0.29, 0.717) is 3.97 Å². The minimum Gasteiger partial charge on any atom is -0.465 e. The number of carbonyl (C=O) groups is 1. The van der Waals surface area contributed by atoms with Crippen molar-refractivity contribution in [2.24, 2.45) is 0 Å². The van der Waals surface area contributed by atoms with E-state index in [1.165, 1.54) is 6.07 Å². The van der Waals surface area contributed by atoms with Gasteiger partial charge >= 0.3 is 16.1 Å². The number of furan rings is 1.